The van der Waals surface area contributed by atoms with Crippen LogP contribution in [0.15, 0.2) is 18.2 Å². The van der Waals surface area contributed by atoms with Crippen molar-refractivity contribution in [2.75, 3.05) is 17.6 Å². The minimum Gasteiger partial charge on any atom is -0.398 e. The summed E-state index contributed by atoms with van der Waals surface area (Å²) < 4.78 is 0. The Balaban J connectivity index is 2.06. The molecule has 0 heterocycles. The number of benzene rings is 1. The average Bonchev–Trinajstić information content (AvgIpc) is 3.08. The molecule has 0 spiro atoms. The fourth-order valence-electron chi connectivity index (χ4n) is 2.00. The van der Waals surface area contributed by atoms with Gasteiger partial charge in [-0.05, 0) is 42.9 Å². The smallest absolute Gasteiger partial charge is 0.250 e. The van der Waals surface area contributed by atoms with E-state index < -0.39 is 5.91 Å². The van der Waals surface area contributed by atoms with Crippen LogP contribution >= 0.6 is 0 Å². The molecule has 0 radical (unpaired) electrons. The molecule has 1 fully saturated rings. The van der Waals surface area contributed by atoms with Gasteiger partial charge in [-0.3, -0.25) is 4.79 Å². The second-order valence-corrected chi connectivity index (χ2v) is 4.87. The van der Waals surface area contributed by atoms with Crippen molar-refractivity contribution in [3.05, 3.63) is 23.8 Å². The van der Waals surface area contributed by atoms with E-state index in [9.17, 15) is 4.79 Å². The van der Waals surface area contributed by atoms with Crippen molar-refractivity contribution < 1.29 is 4.79 Å². The fourth-order valence-corrected chi connectivity index (χ4v) is 2.00. The number of rotatable bonds is 5. The third-order valence-corrected chi connectivity index (χ3v) is 3.69. The molecule has 1 saturated carbocycles. The first-order chi connectivity index (χ1) is 8.06. The summed E-state index contributed by atoms with van der Waals surface area (Å²) in [7, 11) is 0. The number of amides is 1. The number of primary amides is 1. The number of nitrogen functional groups attached to an aromatic ring is 1. The number of carbonyl (C=O) groups is 1. The highest BCUT2D eigenvalue weighted by Gasteiger charge is 2.40. The molecule has 0 aromatic heterocycles. The van der Waals surface area contributed by atoms with Crippen LogP contribution in [-0.4, -0.2) is 12.5 Å². The van der Waals surface area contributed by atoms with Gasteiger partial charge in [-0.2, -0.15) is 0 Å². The van der Waals surface area contributed by atoms with Gasteiger partial charge in [0.1, 0.15) is 0 Å². The third-order valence-electron chi connectivity index (χ3n) is 3.69. The second-order valence-electron chi connectivity index (χ2n) is 4.87. The second kappa shape index (κ2) is 4.28. The lowest BCUT2D eigenvalue weighted by Gasteiger charge is -2.15. The van der Waals surface area contributed by atoms with Crippen LogP contribution in [-0.2, 0) is 0 Å². The van der Waals surface area contributed by atoms with Crippen molar-refractivity contribution >= 4 is 17.3 Å². The van der Waals surface area contributed by atoms with E-state index >= 15 is 0 Å². The molecule has 0 atom stereocenters. The van der Waals surface area contributed by atoms with Crippen LogP contribution in [0.5, 0.6) is 0 Å². The molecule has 1 aliphatic carbocycles. The van der Waals surface area contributed by atoms with E-state index in [1.54, 1.807) is 12.1 Å². The Morgan fingerprint density at radius 1 is 1.47 bits per heavy atom. The van der Waals surface area contributed by atoms with Gasteiger partial charge < -0.3 is 16.8 Å². The zero-order valence-corrected chi connectivity index (χ0v) is 10.1. The van der Waals surface area contributed by atoms with E-state index in [0.29, 0.717) is 16.7 Å². The van der Waals surface area contributed by atoms with Crippen LogP contribution in [0.4, 0.5) is 11.4 Å². The molecule has 1 amide bonds. The van der Waals surface area contributed by atoms with Crippen LogP contribution in [0.25, 0.3) is 0 Å². The monoisotopic (exact) mass is 233 g/mol. The molecular formula is C13H19N3O. The molecule has 5 N–H and O–H groups in total. The lowest BCUT2D eigenvalue weighted by atomic mass is 10.0. The lowest BCUT2D eigenvalue weighted by Crippen LogP contribution is -2.16. The normalized spacial score (nSPS) is 16.5. The number of nitrogens with one attached hydrogen (secondary N) is 1. The molecule has 0 bridgehead atoms. The van der Waals surface area contributed by atoms with E-state index in [0.717, 1.165) is 12.2 Å². The molecular weight excluding hydrogens is 214 g/mol. The largest absolute Gasteiger partial charge is 0.398 e. The van der Waals surface area contributed by atoms with Gasteiger partial charge in [0.15, 0.2) is 0 Å². The van der Waals surface area contributed by atoms with Crippen molar-refractivity contribution in [2.45, 2.75) is 26.2 Å². The third kappa shape index (κ3) is 2.52. The van der Waals surface area contributed by atoms with E-state index in [-0.39, 0.29) is 0 Å². The average molecular weight is 233 g/mol. The van der Waals surface area contributed by atoms with Crippen LogP contribution in [0.3, 0.4) is 0 Å². The standard InChI is InChI=1S/C13H19N3O/c1-2-13(5-6-13)8-16-9-3-4-11(14)10(7-9)12(15)17/h3-4,7,16H,2,5-6,8,14H2,1H3,(H2,15,17). The van der Waals surface area contributed by atoms with Crippen LogP contribution in [0.1, 0.15) is 36.5 Å². The minimum absolute atomic E-state index is 0.386. The van der Waals surface area contributed by atoms with Crippen molar-refractivity contribution in [1.29, 1.82) is 0 Å². The quantitative estimate of drug-likeness (QED) is 0.680. The summed E-state index contributed by atoms with van der Waals surface area (Å²) in [5.74, 6) is -0.484. The highest BCUT2D eigenvalue weighted by Crippen LogP contribution is 2.48. The van der Waals surface area contributed by atoms with Gasteiger partial charge in [-0.1, -0.05) is 6.92 Å². The predicted molar refractivity (Wildman–Crippen MR) is 69.8 cm³/mol. The van der Waals surface area contributed by atoms with Crippen molar-refractivity contribution in [2.24, 2.45) is 11.1 Å². The Labute approximate surface area is 101 Å². The zero-order chi connectivity index (χ0) is 12.5. The molecule has 1 aromatic rings. The number of carbonyl (C=O) groups excluding carboxylic acids is 1. The molecule has 1 aliphatic rings. The summed E-state index contributed by atoms with van der Waals surface area (Å²) in [6.07, 6.45) is 3.76. The van der Waals surface area contributed by atoms with Gasteiger partial charge in [0.2, 0.25) is 0 Å². The summed E-state index contributed by atoms with van der Waals surface area (Å²) in [6.45, 7) is 3.16. The van der Waals surface area contributed by atoms with Crippen molar-refractivity contribution in [3.8, 4) is 0 Å². The first-order valence-electron chi connectivity index (χ1n) is 5.99. The predicted octanol–water partition coefficient (Wildman–Crippen LogP) is 1.97. The maximum atomic E-state index is 11.2. The molecule has 0 aliphatic heterocycles. The zero-order valence-electron chi connectivity index (χ0n) is 10.1. The highest BCUT2D eigenvalue weighted by atomic mass is 16.1. The fraction of sp³-hybridized carbons (Fsp3) is 0.462. The van der Waals surface area contributed by atoms with E-state index in [4.69, 9.17) is 11.5 Å². The number of nitrogens with two attached hydrogens (primary N) is 2. The topological polar surface area (TPSA) is 81.1 Å². The lowest BCUT2D eigenvalue weighted by molar-refractivity contribution is 0.100. The molecule has 4 heteroatoms. The van der Waals surface area contributed by atoms with Gasteiger partial charge in [-0.15, -0.1) is 0 Å². The van der Waals surface area contributed by atoms with Crippen LogP contribution in [0.2, 0.25) is 0 Å². The van der Waals surface area contributed by atoms with Crippen LogP contribution in [0, 0.1) is 5.41 Å². The Bertz CT molecular complexity index is 438. The minimum atomic E-state index is -0.484. The van der Waals surface area contributed by atoms with Gasteiger partial charge in [0, 0.05) is 17.9 Å². The molecule has 92 valence electrons. The maximum Gasteiger partial charge on any atom is 0.250 e. The van der Waals surface area contributed by atoms with Gasteiger partial charge >= 0.3 is 0 Å². The highest BCUT2D eigenvalue weighted by molar-refractivity contribution is 5.98. The summed E-state index contributed by atoms with van der Waals surface area (Å²) >= 11 is 0. The van der Waals surface area contributed by atoms with Crippen molar-refractivity contribution in [3.63, 3.8) is 0 Å². The van der Waals surface area contributed by atoms with Gasteiger partial charge in [0.05, 0.1) is 5.56 Å². The Morgan fingerprint density at radius 2 is 2.18 bits per heavy atom. The maximum absolute atomic E-state index is 11.2. The first kappa shape index (κ1) is 11.8. The summed E-state index contributed by atoms with van der Waals surface area (Å²) in [6, 6.07) is 5.32. The van der Waals surface area contributed by atoms with E-state index in [2.05, 4.69) is 12.2 Å². The van der Waals surface area contributed by atoms with Gasteiger partial charge in [-0.25, -0.2) is 0 Å². The van der Waals surface area contributed by atoms with E-state index in [1.165, 1.54) is 19.3 Å². The summed E-state index contributed by atoms with van der Waals surface area (Å²) in [4.78, 5) is 11.2. The van der Waals surface area contributed by atoms with E-state index in [1.807, 2.05) is 6.07 Å². The molecule has 17 heavy (non-hydrogen) atoms. The van der Waals surface area contributed by atoms with Gasteiger partial charge in [0.25, 0.3) is 5.91 Å². The summed E-state index contributed by atoms with van der Waals surface area (Å²) in [5, 5.41) is 3.36. The summed E-state index contributed by atoms with van der Waals surface area (Å²) in [5.41, 5.74) is 13.1. The Hall–Kier alpha value is -1.71. The number of hydrogen-bond acceptors (Lipinski definition) is 3. The molecule has 1 aromatic carbocycles. The van der Waals surface area contributed by atoms with Crippen LogP contribution < -0.4 is 16.8 Å². The number of anilines is 2. The SMILES string of the molecule is CCC1(CNc2ccc(N)c(C(N)=O)c2)CC1. The number of hydrogen-bond donors (Lipinski definition) is 3. The molecule has 0 unspecified atom stereocenters. The molecule has 0 saturated heterocycles. The molecule has 4 nitrogen and oxygen atoms in total. The molecule has 2 rings (SSSR count). The Kier molecular flexibility index (Phi) is 2.96. The Morgan fingerprint density at radius 3 is 2.71 bits per heavy atom. The van der Waals surface area contributed by atoms with Crippen molar-refractivity contribution in [1.82, 2.24) is 0 Å². The first-order valence-corrected chi connectivity index (χ1v) is 5.99.